The second-order valence-corrected chi connectivity index (χ2v) is 8.66. The first-order valence-corrected chi connectivity index (χ1v) is 11.7. The first-order chi connectivity index (χ1) is 17.5. The van der Waals surface area contributed by atoms with Crippen LogP contribution in [0.3, 0.4) is 0 Å². The highest BCUT2D eigenvalue weighted by Gasteiger charge is 2.31. The molecule has 1 atom stereocenters. The number of methoxy groups -OCH3 is 2. The molecular weight excluding hydrogens is 458 g/mol. The minimum absolute atomic E-state index is 0.0216. The Kier molecular flexibility index (Phi) is 6.28. The van der Waals surface area contributed by atoms with E-state index in [9.17, 15) is 9.59 Å². The highest BCUT2D eigenvalue weighted by Crippen LogP contribution is 2.32. The van der Waals surface area contributed by atoms with Gasteiger partial charge < -0.3 is 19.3 Å². The number of benzene rings is 2. The highest BCUT2D eigenvalue weighted by atomic mass is 16.5. The van der Waals surface area contributed by atoms with Crippen molar-refractivity contribution in [2.24, 2.45) is 0 Å². The number of ether oxygens (including phenoxy) is 2. The number of carbonyl (C=O) groups is 2. The Bertz CT molecular complexity index is 1420. The molecule has 0 N–H and O–H groups in total. The van der Waals surface area contributed by atoms with E-state index in [0.29, 0.717) is 48.0 Å². The van der Waals surface area contributed by atoms with Crippen LogP contribution < -0.4 is 9.47 Å². The molecule has 3 heterocycles. The van der Waals surface area contributed by atoms with Crippen molar-refractivity contribution in [3.8, 4) is 22.8 Å². The van der Waals surface area contributed by atoms with E-state index in [2.05, 4.69) is 10.1 Å². The van der Waals surface area contributed by atoms with E-state index < -0.39 is 0 Å². The van der Waals surface area contributed by atoms with Gasteiger partial charge in [-0.3, -0.25) is 9.59 Å². The lowest BCUT2D eigenvalue weighted by atomic mass is 10.1. The fourth-order valence-corrected chi connectivity index (χ4v) is 4.57. The first kappa shape index (κ1) is 23.3. The zero-order valence-electron chi connectivity index (χ0n) is 20.4. The van der Waals surface area contributed by atoms with Crippen molar-refractivity contribution in [1.29, 1.82) is 0 Å². The van der Waals surface area contributed by atoms with Crippen LogP contribution in [-0.2, 0) is 0 Å². The number of hydrogen-bond acceptors (Lipinski definition) is 6. The normalized spacial score (nSPS) is 15.7. The number of fused-ring (bicyclic) bond motifs is 1. The molecule has 2 amide bonds. The van der Waals surface area contributed by atoms with E-state index >= 15 is 0 Å². The van der Waals surface area contributed by atoms with Gasteiger partial charge in [-0.05, 0) is 43.3 Å². The van der Waals surface area contributed by atoms with E-state index in [-0.39, 0.29) is 17.9 Å². The van der Waals surface area contributed by atoms with Gasteiger partial charge in [-0.15, -0.1) is 0 Å². The van der Waals surface area contributed by atoms with Gasteiger partial charge in [-0.2, -0.15) is 5.10 Å². The van der Waals surface area contributed by atoms with Gasteiger partial charge in [0.2, 0.25) is 0 Å². The summed E-state index contributed by atoms with van der Waals surface area (Å²) in [6.45, 7) is 3.29. The maximum absolute atomic E-state index is 13.4. The molecule has 0 aliphatic carbocycles. The van der Waals surface area contributed by atoms with Gasteiger partial charge in [0, 0.05) is 49.1 Å². The minimum Gasteiger partial charge on any atom is -0.493 e. The number of aromatic nitrogens is 3. The third-order valence-corrected chi connectivity index (χ3v) is 6.45. The molecule has 1 saturated heterocycles. The molecular formula is C27H27N5O4. The predicted octanol–water partition coefficient (Wildman–Crippen LogP) is 3.40. The van der Waals surface area contributed by atoms with Gasteiger partial charge >= 0.3 is 0 Å². The lowest BCUT2D eigenvalue weighted by Gasteiger charge is -2.39. The predicted molar refractivity (Wildman–Crippen MR) is 134 cm³/mol. The molecule has 36 heavy (non-hydrogen) atoms. The molecule has 0 saturated carbocycles. The zero-order valence-corrected chi connectivity index (χ0v) is 20.4. The van der Waals surface area contributed by atoms with Crippen LogP contribution in [0.1, 0.15) is 27.8 Å². The summed E-state index contributed by atoms with van der Waals surface area (Å²) in [5.74, 6) is 1.02. The Balaban J connectivity index is 1.37. The first-order valence-electron chi connectivity index (χ1n) is 11.7. The van der Waals surface area contributed by atoms with Gasteiger partial charge in [0.25, 0.3) is 11.8 Å². The van der Waals surface area contributed by atoms with E-state index in [4.69, 9.17) is 9.47 Å². The molecule has 0 radical (unpaired) electrons. The molecule has 9 nitrogen and oxygen atoms in total. The van der Waals surface area contributed by atoms with Crippen molar-refractivity contribution in [2.75, 3.05) is 33.9 Å². The Hall–Kier alpha value is -4.40. The molecule has 2 aromatic carbocycles. The van der Waals surface area contributed by atoms with Crippen LogP contribution in [0.15, 0.2) is 66.9 Å². The Morgan fingerprint density at radius 1 is 0.917 bits per heavy atom. The number of amides is 2. The maximum atomic E-state index is 13.4. The lowest BCUT2D eigenvalue weighted by Crippen LogP contribution is -2.55. The molecule has 2 aromatic heterocycles. The van der Waals surface area contributed by atoms with Crippen molar-refractivity contribution < 1.29 is 19.1 Å². The van der Waals surface area contributed by atoms with Crippen molar-refractivity contribution in [3.05, 3.63) is 78.1 Å². The molecule has 4 aromatic rings. The van der Waals surface area contributed by atoms with Crippen LogP contribution in [0.4, 0.5) is 0 Å². The van der Waals surface area contributed by atoms with Gasteiger partial charge in [-0.1, -0.05) is 18.2 Å². The van der Waals surface area contributed by atoms with E-state index in [0.717, 1.165) is 11.3 Å². The molecule has 184 valence electrons. The number of nitrogens with zero attached hydrogens (tertiary/aromatic N) is 5. The van der Waals surface area contributed by atoms with Crippen molar-refractivity contribution >= 4 is 17.5 Å². The Labute approximate surface area is 208 Å². The monoisotopic (exact) mass is 485 g/mol. The summed E-state index contributed by atoms with van der Waals surface area (Å²) >= 11 is 0. The van der Waals surface area contributed by atoms with Crippen LogP contribution in [-0.4, -0.2) is 76.1 Å². The van der Waals surface area contributed by atoms with Crippen LogP contribution >= 0.6 is 0 Å². The summed E-state index contributed by atoms with van der Waals surface area (Å²) in [7, 11) is 3.18. The summed E-state index contributed by atoms with van der Waals surface area (Å²) < 4.78 is 12.4. The SMILES string of the molecule is COc1ccc(-c2ccnc3cc(C(=O)N4CCN(C(=O)c5ccccc5)[C@H](C)C4)nn23)cc1OC. The molecule has 0 spiro atoms. The van der Waals surface area contributed by atoms with Crippen LogP contribution in [0.5, 0.6) is 11.5 Å². The lowest BCUT2D eigenvalue weighted by molar-refractivity contribution is 0.0411. The number of carbonyl (C=O) groups excluding carboxylic acids is 2. The summed E-state index contributed by atoms with van der Waals surface area (Å²) in [5.41, 5.74) is 3.15. The summed E-state index contributed by atoms with van der Waals surface area (Å²) in [5, 5.41) is 4.60. The van der Waals surface area contributed by atoms with Crippen molar-refractivity contribution in [3.63, 3.8) is 0 Å². The Morgan fingerprint density at radius 2 is 1.69 bits per heavy atom. The Morgan fingerprint density at radius 3 is 2.42 bits per heavy atom. The fourth-order valence-electron chi connectivity index (χ4n) is 4.57. The molecule has 0 bridgehead atoms. The molecule has 1 aliphatic rings. The molecule has 9 heteroatoms. The van der Waals surface area contributed by atoms with E-state index in [1.807, 2.05) is 66.4 Å². The summed E-state index contributed by atoms with van der Waals surface area (Å²) in [4.78, 5) is 34.3. The average molecular weight is 486 g/mol. The van der Waals surface area contributed by atoms with Crippen molar-refractivity contribution in [2.45, 2.75) is 13.0 Å². The third-order valence-electron chi connectivity index (χ3n) is 6.45. The number of hydrogen-bond donors (Lipinski definition) is 0. The van der Waals surface area contributed by atoms with Gasteiger partial charge in [0.05, 0.1) is 19.9 Å². The fraction of sp³-hybridized carbons (Fsp3) is 0.259. The highest BCUT2D eigenvalue weighted by molar-refractivity contribution is 5.96. The smallest absolute Gasteiger partial charge is 0.274 e. The molecule has 1 fully saturated rings. The minimum atomic E-state index is -0.183. The second kappa shape index (κ2) is 9.69. The molecule has 1 aliphatic heterocycles. The zero-order chi connectivity index (χ0) is 25.2. The summed E-state index contributed by atoms with van der Waals surface area (Å²) in [6, 6.07) is 18.2. The van der Waals surface area contributed by atoms with Gasteiger partial charge in [-0.25, -0.2) is 9.50 Å². The quantitative estimate of drug-likeness (QED) is 0.431. The van der Waals surface area contributed by atoms with Crippen LogP contribution in [0.2, 0.25) is 0 Å². The standard InChI is InChI=1S/C27H27N5O4/c1-18-17-30(13-14-31(18)26(33)19-7-5-4-6-8-19)27(34)21-16-25-28-12-11-22(32(25)29-21)20-9-10-23(35-2)24(15-20)36-3/h4-12,15-16,18H,13-14,17H2,1-3H3/t18-/m1/s1. The van der Waals surface area contributed by atoms with Gasteiger partial charge in [0.1, 0.15) is 0 Å². The number of rotatable bonds is 5. The largest absolute Gasteiger partial charge is 0.493 e. The van der Waals surface area contributed by atoms with E-state index in [1.165, 1.54) is 0 Å². The molecule has 5 rings (SSSR count). The van der Waals surface area contributed by atoms with Gasteiger partial charge in [0.15, 0.2) is 22.8 Å². The summed E-state index contributed by atoms with van der Waals surface area (Å²) in [6.07, 6.45) is 1.69. The van der Waals surface area contributed by atoms with Crippen molar-refractivity contribution in [1.82, 2.24) is 24.4 Å². The van der Waals surface area contributed by atoms with Crippen LogP contribution in [0, 0.1) is 0 Å². The second-order valence-electron chi connectivity index (χ2n) is 8.66. The van der Waals surface area contributed by atoms with Crippen LogP contribution in [0.25, 0.3) is 16.9 Å². The maximum Gasteiger partial charge on any atom is 0.274 e. The number of piperazine rings is 1. The third kappa shape index (κ3) is 4.24. The van der Waals surface area contributed by atoms with E-state index in [1.54, 1.807) is 35.9 Å². The topological polar surface area (TPSA) is 89.3 Å². The molecule has 0 unspecified atom stereocenters. The average Bonchev–Trinajstić information content (AvgIpc) is 3.37.